The van der Waals surface area contributed by atoms with Gasteiger partial charge in [0, 0.05) is 24.8 Å². The van der Waals surface area contributed by atoms with Gasteiger partial charge >= 0.3 is 0 Å². The van der Waals surface area contributed by atoms with Crippen LogP contribution in [0.3, 0.4) is 0 Å². The molecule has 1 aliphatic heterocycles. The van der Waals surface area contributed by atoms with Crippen molar-refractivity contribution in [2.45, 2.75) is 31.3 Å². The fourth-order valence-corrected chi connectivity index (χ4v) is 2.61. The molecule has 1 saturated carbocycles. The molecule has 92 valence electrons. The van der Waals surface area contributed by atoms with Crippen molar-refractivity contribution < 1.29 is 4.74 Å². The maximum Gasteiger partial charge on any atom is 0.171 e. The number of hydrogen-bond acceptors (Lipinski definition) is 4. The van der Waals surface area contributed by atoms with Crippen LogP contribution in [0.4, 0.5) is 5.82 Å². The van der Waals surface area contributed by atoms with Crippen LogP contribution in [0.25, 0.3) is 0 Å². The zero-order valence-corrected chi connectivity index (χ0v) is 10.2. The third-order valence-electron chi connectivity index (χ3n) is 3.58. The Bertz CT molecular complexity index is 386. The smallest absolute Gasteiger partial charge is 0.171 e. The number of ether oxygens (including phenoxy) is 1. The normalized spacial score (nSPS) is 23.7. The van der Waals surface area contributed by atoms with Gasteiger partial charge in [-0.2, -0.15) is 0 Å². The van der Waals surface area contributed by atoms with E-state index in [0.29, 0.717) is 12.1 Å². The Labute approximate surface area is 102 Å². The van der Waals surface area contributed by atoms with Gasteiger partial charge in [0.1, 0.15) is 0 Å². The van der Waals surface area contributed by atoms with Crippen LogP contribution in [0.15, 0.2) is 18.3 Å². The van der Waals surface area contributed by atoms with Crippen LogP contribution in [-0.4, -0.2) is 37.3 Å². The minimum Gasteiger partial charge on any atom is -0.493 e. The van der Waals surface area contributed by atoms with E-state index < -0.39 is 0 Å². The van der Waals surface area contributed by atoms with E-state index in [9.17, 15) is 0 Å². The molecule has 1 atom stereocenters. The van der Waals surface area contributed by atoms with E-state index in [1.165, 1.54) is 19.3 Å². The van der Waals surface area contributed by atoms with Gasteiger partial charge in [0.2, 0.25) is 0 Å². The summed E-state index contributed by atoms with van der Waals surface area (Å²) in [6.07, 6.45) is 5.64. The minimum atomic E-state index is 0.575. The number of nitrogens with one attached hydrogen (secondary N) is 1. The first-order chi connectivity index (χ1) is 8.40. The van der Waals surface area contributed by atoms with Crippen molar-refractivity contribution in [2.75, 3.05) is 25.1 Å². The summed E-state index contributed by atoms with van der Waals surface area (Å²) >= 11 is 0. The second-order valence-corrected chi connectivity index (χ2v) is 4.81. The molecular formula is C13H19N3O. The summed E-state index contributed by atoms with van der Waals surface area (Å²) < 4.78 is 5.44. The molecule has 4 nitrogen and oxygen atoms in total. The first-order valence-electron chi connectivity index (χ1n) is 6.38. The average molecular weight is 233 g/mol. The van der Waals surface area contributed by atoms with Crippen LogP contribution in [-0.2, 0) is 0 Å². The van der Waals surface area contributed by atoms with Gasteiger partial charge in [-0.25, -0.2) is 4.98 Å². The number of aromatic nitrogens is 1. The number of rotatable bonds is 4. The van der Waals surface area contributed by atoms with Crippen molar-refractivity contribution >= 4 is 5.82 Å². The second-order valence-electron chi connectivity index (χ2n) is 4.81. The zero-order chi connectivity index (χ0) is 11.7. The Hall–Kier alpha value is -1.29. The van der Waals surface area contributed by atoms with E-state index in [1.807, 2.05) is 18.3 Å². The van der Waals surface area contributed by atoms with Crippen LogP contribution in [0, 0.1) is 0 Å². The molecule has 1 saturated heterocycles. The SMILES string of the molecule is COc1cccnc1N(C1CC1)C1CCNC1. The lowest BCUT2D eigenvalue weighted by atomic mass is 10.2. The van der Waals surface area contributed by atoms with Gasteiger partial charge in [-0.1, -0.05) is 0 Å². The summed E-state index contributed by atoms with van der Waals surface area (Å²) in [5.74, 6) is 1.91. The summed E-state index contributed by atoms with van der Waals surface area (Å²) in [6, 6.07) is 5.18. The van der Waals surface area contributed by atoms with Crippen molar-refractivity contribution in [3.05, 3.63) is 18.3 Å². The molecule has 2 aliphatic rings. The fourth-order valence-electron chi connectivity index (χ4n) is 2.61. The molecule has 0 spiro atoms. The van der Waals surface area contributed by atoms with E-state index in [1.54, 1.807) is 7.11 Å². The molecule has 1 N–H and O–H groups in total. The summed E-state index contributed by atoms with van der Waals surface area (Å²) in [5, 5.41) is 3.43. The van der Waals surface area contributed by atoms with E-state index >= 15 is 0 Å². The maximum atomic E-state index is 5.44. The highest BCUT2D eigenvalue weighted by molar-refractivity contribution is 5.55. The largest absolute Gasteiger partial charge is 0.493 e. The van der Waals surface area contributed by atoms with E-state index in [4.69, 9.17) is 4.74 Å². The van der Waals surface area contributed by atoms with Gasteiger partial charge < -0.3 is 15.0 Å². The molecule has 0 aromatic carbocycles. The molecular weight excluding hydrogens is 214 g/mol. The van der Waals surface area contributed by atoms with Gasteiger partial charge in [-0.3, -0.25) is 0 Å². The van der Waals surface area contributed by atoms with E-state index in [0.717, 1.165) is 24.7 Å². The molecule has 1 unspecified atom stereocenters. The number of hydrogen-bond donors (Lipinski definition) is 1. The van der Waals surface area contributed by atoms with E-state index in [-0.39, 0.29) is 0 Å². The zero-order valence-electron chi connectivity index (χ0n) is 10.2. The summed E-state index contributed by atoms with van der Waals surface area (Å²) in [7, 11) is 1.72. The first-order valence-corrected chi connectivity index (χ1v) is 6.38. The highest BCUT2D eigenvalue weighted by Gasteiger charge is 2.37. The molecule has 17 heavy (non-hydrogen) atoms. The molecule has 2 fully saturated rings. The molecule has 4 heteroatoms. The van der Waals surface area contributed by atoms with Crippen LogP contribution in [0.2, 0.25) is 0 Å². The molecule has 1 aromatic rings. The molecule has 0 amide bonds. The lowest BCUT2D eigenvalue weighted by Crippen LogP contribution is -2.39. The standard InChI is InChI=1S/C13H19N3O/c1-17-12-3-2-7-15-13(12)16(10-4-5-10)11-6-8-14-9-11/h2-3,7,10-11,14H,4-6,8-9H2,1H3. The van der Waals surface area contributed by atoms with Crippen molar-refractivity contribution in [1.29, 1.82) is 0 Å². The summed E-state index contributed by atoms with van der Waals surface area (Å²) in [6.45, 7) is 2.18. The van der Waals surface area contributed by atoms with Crippen molar-refractivity contribution in [3.63, 3.8) is 0 Å². The topological polar surface area (TPSA) is 37.4 Å². The third kappa shape index (κ3) is 2.09. The van der Waals surface area contributed by atoms with Crippen molar-refractivity contribution in [3.8, 4) is 5.75 Å². The third-order valence-corrected chi connectivity index (χ3v) is 3.58. The molecule has 3 rings (SSSR count). The molecule has 2 heterocycles. The fraction of sp³-hybridized carbons (Fsp3) is 0.615. The summed E-state index contributed by atoms with van der Waals surface area (Å²) in [5.41, 5.74) is 0. The van der Waals surface area contributed by atoms with Crippen molar-refractivity contribution in [2.24, 2.45) is 0 Å². The Kier molecular flexibility index (Phi) is 2.89. The molecule has 1 aliphatic carbocycles. The predicted molar refractivity (Wildman–Crippen MR) is 67.6 cm³/mol. The van der Waals surface area contributed by atoms with Gasteiger partial charge in [0.15, 0.2) is 11.6 Å². The Balaban J connectivity index is 1.91. The monoisotopic (exact) mass is 233 g/mol. The second kappa shape index (κ2) is 4.53. The number of methoxy groups -OCH3 is 1. The quantitative estimate of drug-likeness (QED) is 0.853. The van der Waals surface area contributed by atoms with Gasteiger partial charge in [-0.05, 0) is 37.9 Å². The van der Waals surface area contributed by atoms with Crippen LogP contribution < -0.4 is 15.0 Å². The number of nitrogens with zero attached hydrogens (tertiary/aromatic N) is 2. The number of anilines is 1. The summed E-state index contributed by atoms with van der Waals surface area (Å²) in [4.78, 5) is 7.00. The first kappa shape index (κ1) is 10.8. The van der Waals surface area contributed by atoms with Crippen LogP contribution >= 0.6 is 0 Å². The Morgan fingerprint density at radius 3 is 2.88 bits per heavy atom. The van der Waals surface area contributed by atoms with Gasteiger partial charge in [-0.15, -0.1) is 0 Å². The predicted octanol–water partition coefficient (Wildman–Crippen LogP) is 1.42. The van der Waals surface area contributed by atoms with Crippen LogP contribution in [0.5, 0.6) is 5.75 Å². The lowest BCUT2D eigenvalue weighted by Gasteiger charge is -2.30. The molecule has 0 bridgehead atoms. The van der Waals surface area contributed by atoms with Crippen molar-refractivity contribution in [1.82, 2.24) is 10.3 Å². The Morgan fingerprint density at radius 1 is 1.35 bits per heavy atom. The lowest BCUT2D eigenvalue weighted by molar-refractivity contribution is 0.410. The maximum absolute atomic E-state index is 5.44. The average Bonchev–Trinajstić information content (AvgIpc) is 3.05. The minimum absolute atomic E-state index is 0.575. The highest BCUT2D eigenvalue weighted by atomic mass is 16.5. The van der Waals surface area contributed by atoms with Gasteiger partial charge in [0.25, 0.3) is 0 Å². The molecule has 1 aromatic heterocycles. The number of pyridine rings is 1. The van der Waals surface area contributed by atoms with Crippen LogP contribution in [0.1, 0.15) is 19.3 Å². The highest BCUT2D eigenvalue weighted by Crippen LogP contribution is 2.37. The Morgan fingerprint density at radius 2 is 2.24 bits per heavy atom. The molecule has 0 radical (unpaired) electrons. The van der Waals surface area contributed by atoms with E-state index in [2.05, 4.69) is 15.2 Å². The van der Waals surface area contributed by atoms with Gasteiger partial charge in [0.05, 0.1) is 7.11 Å².